The second kappa shape index (κ2) is 6.88. The molecular formula is C17H17N5O. The minimum absolute atomic E-state index is 0.0208. The Morgan fingerprint density at radius 3 is 2.57 bits per heavy atom. The van der Waals surface area contributed by atoms with Crippen LogP contribution in [-0.2, 0) is 0 Å². The fraction of sp³-hybridized carbons (Fsp3) is 0.294. The summed E-state index contributed by atoms with van der Waals surface area (Å²) in [5.74, 6) is 0.789. The Bertz CT molecular complexity index is 700. The summed E-state index contributed by atoms with van der Waals surface area (Å²) in [7, 11) is 0. The molecule has 0 unspecified atom stereocenters. The minimum Gasteiger partial charge on any atom is -0.366 e. The number of nitriles is 1. The van der Waals surface area contributed by atoms with Crippen molar-refractivity contribution < 1.29 is 4.79 Å². The molecule has 1 amide bonds. The van der Waals surface area contributed by atoms with Crippen LogP contribution in [0.25, 0.3) is 0 Å². The molecule has 1 aromatic heterocycles. The molecule has 3 rings (SSSR count). The zero-order chi connectivity index (χ0) is 16.1. The lowest BCUT2D eigenvalue weighted by Crippen LogP contribution is -2.42. The third-order valence-corrected chi connectivity index (χ3v) is 3.97. The molecule has 1 N–H and O–H groups in total. The van der Waals surface area contributed by atoms with Crippen molar-refractivity contribution in [2.24, 2.45) is 0 Å². The number of nitrogens with one attached hydrogen (secondary N) is 1. The first-order chi connectivity index (χ1) is 11.3. The third-order valence-electron chi connectivity index (χ3n) is 3.97. The molecule has 2 heterocycles. The Balaban J connectivity index is 1.56. The first-order valence-electron chi connectivity index (χ1n) is 7.60. The van der Waals surface area contributed by atoms with Gasteiger partial charge in [-0.2, -0.15) is 10.4 Å². The summed E-state index contributed by atoms with van der Waals surface area (Å²) in [6.45, 7) is 1.41. The minimum atomic E-state index is 0.0208. The van der Waals surface area contributed by atoms with Gasteiger partial charge >= 0.3 is 0 Å². The van der Waals surface area contributed by atoms with E-state index in [1.807, 2.05) is 17.0 Å². The maximum absolute atomic E-state index is 12.5. The number of aromatic nitrogens is 2. The molecule has 1 saturated heterocycles. The van der Waals surface area contributed by atoms with Gasteiger partial charge in [-0.05, 0) is 49.2 Å². The molecule has 1 aliphatic rings. The number of hydrogen-bond donors (Lipinski definition) is 1. The summed E-state index contributed by atoms with van der Waals surface area (Å²) in [6, 6.07) is 12.9. The highest BCUT2D eigenvalue weighted by Crippen LogP contribution is 2.17. The Labute approximate surface area is 134 Å². The van der Waals surface area contributed by atoms with Crippen LogP contribution in [0.15, 0.2) is 42.6 Å². The van der Waals surface area contributed by atoms with Gasteiger partial charge in [-0.15, -0.1) is 5.10 Å². The van der Waals surface area contributed by atoms with Gasteiger partial charge in [0.15, 0.2) is 0 Å². The molecule has 1 aliphatic heterocycles. The van der Waals surface area contributed by atoms with E-state index in [1.54, 1.807) is 30.5 Å². The average Bonchev–Trinajstić information content (AvgIpc) is 2.63. The fourth-order valence-corrected chi connectivity index (χ4v) is 2.68. The zero-order valence-corrected chi connectivity index (χ0v) is 12.6. The van der Waals surface area contributed by atoms with Gasteiger partial charge < -0.3 is 10.2 Å². The quantitative estimate of drug-likeness (QED) is 0.938. The molecule has 116 valence electrons. The van der Waals surface area contributed by atoms with E-state index in [2.05, 4.69) is 21.6 Å². The Kier molecular flexibility index (Phi) is 4.48. The van der Waals surface area contributed by atoms with Crippen molar-refractivity contribution in [2.45, 2.75) is 18.9 Å². The van der Waals surface area contributed by atoms with E-state index in [-0.39, 0.29) is 5.91 Å². The van der Waals surface area contributed by atoms with E-state index in [0.717, 1.165) is 18.7 Å². The second-order valence-electron chi connectivity index (χ2n) is 5.51. The van der Waals surface area contributed by atoms with Gasteiger partial charge in [-0.3, -0.25) is 4.79 Å². The Morgan fingerprint density at radius 2 is 1.96 bits per heavy atom. The second-order valence-corrected chi connectivity index (χ2v) is 5.51. The Hall–Kier alpha value is -2.94. The maximum Gasteiger partial charge on any atom is 0.253 e. The molecule has 1 fully saturated rings. The largest absolute Gasteiger partial charge is 0.366 e. The summed E-state index contributed by atoms with van der Waals surface area (Å²) in [5, 5.41) is 20.0. The number of anilines is 1. The summed E-state index contributed by atoms with van der Waals surface area (Å²) in [5.41, 5.74) is 1.19. The summed E-state index contributed by atoms with van der Waals surface area (Å²) in [4.78, 5) is 14.3. The predicted molar refractivity (Wildman–Crippen MR) is 85.7 cm³/mol. The van der Waals surface area contributed by atoms with Crippen molar-refractivity contribution in [3.8, 4) is 6.07 Å². The number of carbonyl (C=O) groups excluding carboxylic acids is 1. The van der Waals surface area contributed by atoms with Crippen LogP contribution in [0.4, 0.5) is 5.82 Å². The van der Waals surface area contributed by atoms with Gasteiger partial charge in [0, 0.05) is 30.9 Å². The van der Waals surface area contributed by atoms with Crippen LogP contribution in [0.1, 0.15) is 28.8 Å². The van der Waals surface area contributed by atoms with Crippen molar-refractivity contribution in [3.63, 3.8) is 0 Å². The van der Waals surface area contributed by atoms with Crippen LogP contribution < -0.4 is 5.32 Å². The molecule has 0 bridgehead atoms. The van der Waals surface area contributed by atoms with Crippen molar-refractivity contribution in [3.05, 3.63) is 53.7 Å². The lowest BCUT2D eigenvalue weighted by atomic mass is 10.0. The average molecular weight is 307 g/mol. The first kappa shape index (κ1) is 15.0. The SMILES string of the molecule is N#Cc1ccc(C(=O)N2CCC(Nc3cccnn3)CC2)cc1. The summed E-state index contributed by atoms with van der Waals surface area (Å²) in [6.07, 6.45) is 3.39. The van der Waals surface area contributed by atoms with E-state index in [1.165, 1.54) is 0 Å². The molecule has 2 aromatic rings. The number of carbonyl (C=O) groups is 1. The number of benzene rings is 1. The van der Waals surface area contributed by atoms with E-state index in [0.29, 0.717) is 30.3 Å². The summed E-state index contributed by atoms with van der Waals surface area (Å²) < 4.78 is 0. The van der Waals surface area contributed by atoms with Crippen LogP contribution >= 0.6 is 0 Å². The lowest BCUT2D eigenvalue weighted by molar-refractivity contribution is 0.0718. The predicted octanol–water partition coefficient (Wildman–Crippen LogP) is 2.06. The van der Waals surface area contributed by atoms with Gasteiger partial charge in [-0.1, -0.05) is 0 Å². The molecule has 6 nitrogen and oxygen atoms in total. The van der Waals surface area contributed by atoms with Gasteiger partial charge in [-0.25, -0.2) is 0 Å². The highest BCUT2D eigenvalue weighted by molar-refractivity contribution is 5.94. The first-order valence-corrected chi connectivity index (χ1v) is 7.60. The highest BCUT2D eigenvalue weighted by atomic mass is 16.2. The normalized spacial score (nSPS) is 15.0. The molecule has 0 aliphatic carbocycles. The van der Waals surface area contributed by atoms with Crippen LogP contribution in [0.5, 0.6) is 0 Å². The molecule has 1 aromatic carbocycles. The molecule has 0 saturated carbocycles. The number of piperidine rings is 1. The lowest BCUT2D eigenvalue weighted by Gasteiger charge is -2.32. The van der Waals surface area contributed by atoms with Gasteiger partial charge in [0.1, 0.15) is 5.82 Å². The van der Waals surface area contributed by atoms with Crippen molar-refractivity contribution >= 4 is 11.7 Å². The van der Waals surface area contributed by atoms with E-state index >= 15 is 0 Å². The maximum atomic E-state index is 12.5. The topological polar surface area (TPSA) is 81.9 Å². The molecular weight excluding hydrogens is 290 g/mol. The number of amides is 1. The third kappa shape index (κ3) is 3.64. The van der Waals surface area contributed by atoms with Crippen LogP contribution in [0.3, 0.4) is 0 Å². The molecule has 23 heavy (non-hydrogen) atoms. The van der Waals surface area contributed by atoms with Gasteiger partial charge in [0.25, 0.3) is 5.91 Å². The molecule has 6 heteroatoms. The van der Waals surface area contributed by atoms with E-state index < -0.39 is 0 Å². The van der Waals surface area contributed by atoms with Crippen LogP contribution in [0, 0.1) is 11.3 Å². The van der Waals surface area contributed by atoms with E-state index in [4.69, 9.17) is 5.26 Å². The standard InChI is InChI=1S/C17H17N5O/c18-12-13-3-5-14(6-4-13)17(23)22-10-7-15(8-11-22)20-16-2-1-9-19-21-16/h1-6,9,15H,7-8,10-11H2,(H,20,21). The smallest absolute Gasteiger partial charge is 0.253 e. The van der Waals surface area contributed by atoms with Crippen molar-refractivity contribution in [2.75, 3.05) is 18.4 Å². The van der Waals surface area contributed by atoms with Gasteiger partial charge in [0.05, 0.1) is 11.6 Å². The number of nitrogens with zero attached hydrogens (tertiary/aromatic N) is 4. The molecule has 0 radical (unpaired) electrons. The zero-order valence-electron chi connectivity index (χ0n) is 12.6. The number of rotatable bonds is 3. The Morgan fingerprint density at radius 1 is 1.22 bits per heavy atom. The fourth-order valence-electron chi connectivity index (χ4n) is 2.68. The number of hydrogen-bond acceptors (Lipinski definition) is 5. The van der Waals surface area contributed by atoms with Crippen LogP contribution in [-0.4, -0.2) is 40.1 Å². The van der Waals surface area contributed by atoms with Crippen molar-refractivity contribution in [1.82, 2.24) is 15.1 Å². The molecule has 0 spiro atoms. The van der Waals surface area contributed by atoms with Gasteiger partial charge in [0.2, 0.25) is 0 Å². The monoisotopic (exact) mass is 307 g/mol. The number of likely N-dealkylation sites (tertiary alicyclic amines) is 1. The highest BCUT2D eigenvalue weighted by Gasteiger charge is 2.23. The molecule has 0 atom stereocenters. The summed E-state index contributed by atoms with van der Waals surface area (Å²) >= 11 is 0. The van der Waals surface area contributed by atoms with Crippen molar-refractivity contribution in [1.29, 1.82) is 5.26 Å². The van der Waals surface area contributed by atoms with E-state index in [9.17, 15) is 4.79 Å². The van der Waals surface area contributed by atoms with Crippen LogP contribution in [0.2, 0.25) is 0 Å².